The lowest BCUT2D eigenvalue weighted by atomic mass is 10.2. The van der Waals surface area contributed by atoms with E-state index in [2.05, 4.69) is 21.9 Å². The zero-order chi connectivity index (χ0) is 17.9. The van der Waals surface area contributed by atoms with Crippen LogP contribution in [0.2, 0.25) is 0 Å². The van der Waals surface area contributed by atoms with Crippen LogP contribution in [0.5, 0.6) is 0 Å². The highest BCUT2D eigenvalue weighted by atomic mass is 32.2. The third-order valence-corrected chi connectivity index (χ3v) is 4.19. The standard InChI is InChI=1S/C16H12F3N3O2S/c17-16(18,19)14-20-15(22-21-14)25-13(23)12-9-8-11(24-12)7-6-10-4-2-1-3-5-10/h1-5,11-12H,8-9H2,(H,20,21,22). The smallest absolute Gasteiger partial charge is 0.354 e. The maximum absolute atomic E-state index is 12.4. The Morgan fingerprint density at radius 2 is 2.04 bits per heavy atom. The first-order chi connectivity index (χ1) is 11.9. The number of hydrogen-bond acceptors (Lipinski definition) is 5. The topological polar surface area (TPSA) is 67.9 Å². The maximum Gasteiger partial charge on any atom is 0.451 e. The lowest BCUT2D eigenvalue weighted by Crippen LogP contribution is -2.18. The number of hydrogen-bond donors (Lipinski definition) is 1. The normalized spacial score (nSPS) is 20.1. The predicted molar refractivity (Wildman–Crippen MR) is 83.5 cm³/mol. The van der Waals surface area contributed by atoms with Gasteiger partial charge in [0.15, 0.2) is 0 Å². The third kappa shape index (κ3) is 4.61. The minimum Gasteiger partial charge on any atom is -0.354 e. The fourth-order valence-electron chi connectivity index (χ4n) is 2.18. The molecular weight excluding hydrogens is 355 g/mol. The Morgan fingerprint density at radius 1 is 1.28 bits per heavy atom. The molecule has 9 heteroatoms. The van der Waals surface area contributed by atoms with Gasteiger partial charge < -0.3 is 4.74 Å². The highest BCUT2D eigenvalue weighted by Gasteiger charge is 2.36. The van der Waals surface area contributed by atoms with Crippen molar-refractivity contribution < 1.29 is 22.7 Å². The Morgan fingerprint density at radius 3 is 2.72 bits per heavy atom. The molecule has 1 aliphatic rings. The zero-order valence-electron chi connectivity index (χ0n) is 12.7. The lowest BCUT2D eigenvalue weighted by molar-refractivity contribution is -0.144. The zero-order valence-corrected chi connectivity index (χ0v) is 13.5. The van der Waals surface area contributed by atoms with Crippen LogP contribution in [0.25, 0.3) is 0 Å². The molecule has 0 aliphatic carbocycles. The molecule has 0 saturated carbocycles. The molecule has 1 N–H and O–H groups in total. The van der Waals surface area contributed by atoms with Gasteiger partial charge in [-0.05, 0) is 36.7 Å². The number of ether oxygens (including phenoxy) is 1. The Balaban J connectivity index is 1.56. The van der Waals surface area contributed by atoms with Gasteiger partial charge in [-0.25, -0.2) is 0 Å². The van der Waals surface area contributed by atoms with E-state index < -0.39 is 23.2 Å². The van der Waals surface area contributed by atoms with Gasteiger partial charge in [0.2, 0.25) is 16.1 Å². The molecule has 0 bridgehead atoms. The summed E-state index contributed by atoms with van der Waals surface area (Å²) in [6.45, 7) is 0. The maximum atomic E-state index is 12.4. The molecule has 0 amide bonds. The Kier molecular flexibility index (Phi) is 5.11. The molecule has 2 unspecified atom stereocenters. The van der Waals surface area contributed by atoms with E-state index in [1.54, 1.807) is 5.10 Å². The summed E-state index contributed by atoms with van der Waals surface area (Å²) in [4.78, 5) is 15.4. The van der Waals surface area contributed by atoms with Gasteiger partial charge in [0.05, 0.1) is 0 Å². The molecule has 1 aromatic carbocycles. The van der Waals surface area contributed by atoms with Crippen LogP contribution in [0.15, 0.2) is 35.5 Å². The van der Waals surface area contributed by atoms with Crippen molar-refractivity contribution in [2.75, 3.05) is 0 Å². The summed E-state index contributed by atoms with van der Waals surface area (Å²) in [7, 11) is 0. The van der Waals surface area contributed by atoms with Crippen molar-refractivity contribution in [3.05, 3.63) is 41.7 Å². The molecule has 0 spiro atoms. The van der Waals surface area contributed by atoms with Gasteiger partial charge >= 0.3 is 6.18 Å². The predicted octanol–water partition coefficient (Wildman–Crippen LogP) is 3.04. The Labute approximate surface area is 145 Å². The number of nitrogens with zero attached hydrogens (tertiary/aromatic N) is 2. The molecule has 25 heavy (non-hydrogen) atoms. The van der Waals surface area contributed by atoms with Crippen molar-refractivity contribution in [1.29, 1.82) is 0 Å². The van der Waals surface area contributed by atoms with Crippen LogP contribution in [0.4, 0.5) is 13.2 Å². The number of aromatic nitrogens is 3. The van der Waals surface area contributed by atoms with E-state index in [1.165, 1.54) is 0 Å². The summed E-state index contributed by atoms with van der Waals surface area (Å²) in [5.74, 6) is 4.68. The van der Waals surface area contributed by atoms with Gasteiger partial charge in [-0.2, -0.15) is 18.2 Å². The fraction of sp³-hybridized carbons (Fsp3) is 0.312. The summed E-state index contributed by atoms with van der Waals surface area (Å²) in [5.41, 5.74) is 0.843. The molecule has 2 atom stereocenters. The largest absolute Gasteiger partial charge is 0.451 e. The average Bonchev–Trinajstić information content (AvgIpc) is 3.23. The van der Waals surface area contributed by atoms with Gasteiger partial charge in [-0.15, -0.1) is 5.10 Å². The number of thioether (sulfide) groups is 1. The second-order valence-corrected chi connectivity index (χ2v) is 6.18. The Bertz CT molecular complexity index is 811. The third-order valence-electron chi connectivity index (χ3n) is 3.36. The first kappa shape index (κ1) is 17.5. The van der Waals surface area contributed by atoms with Crippen molar-refractivity contribution >= 4 is 16.9 Å². The van der Waals surface area contributed by atoms with Crippen LogP contribution < -0.4 is 0 Å². The van der Waals surface area contributed by atoms with E-state index in [0.717, 1.165) is 5.56 Å². The number of alkyl halides is 3. The number of aromatic amines is 1. The number of H-pyrrole nitrogens is 1. The van der Waals surface area contributed by atoms with E-state index in [1.807, 2.05) is 30.3 Å². The first-order valence-electron chi connectivity index (χ1n) is 7.35. The van der Waals surface area contributed by atoms with Crippen molar-refractivity contribution in [2.45, 2.75) is 36.4 Å². The Hall–Kier alpha value is -2.31. The molecule has 2 aromatic rings. The molecule has 130 valence electrons. The second kappa shape index (κ2) is 7.29. The molecule has 1 aliphatic heterocycles. The average molecular weight is 367 g/mol. The van der Waals surface area contributed by atoms with Crippen molar-refractivity contribution in [3.8, 4) is 11.8 Å². The quantitative estimate of drug-likeness (QED) is 0.653. The van der Waals surface area contributed by atoms with Gasteiger partial charge in [-0.1, -0.05) is 30.0 Å². The van der Waals surface area contributed by atoms with Gasteiger partial charge in [-0.3, -0.25) is 9.89 Å². The second-order valence-electron chi connectivity index (χ2n) is 5.21. The van der Waals surface area contributed by atoms with E-state index in [4.69, 9.17) is 4.74 Å². The monoisotopic (exact) mass is 367 g/mol. The minimum absolute atomic E-state index is 0.278. The molecule has 2 heterocycles. The number of halogens is 3. The first-order valence-corrected chi connectivity index (χ1v) is 8.17. The van der Waals surface area contributed by atoms with E-state index in [9.17, 15) is 18.0 Å². The van der Waals surface area contributed by atoms with Crippen LogP contribution in [-0.4, -0.2) is 32.5 Å². The van der Waals surface area contributed by atoms with Crippen LogP contribution >= 0.6 is 11.8 Å². The molecule has 1 fully saturated rings. The molecule has 3 rings (SSSR count). The van der Waals surface area contributed by atoms with Crippen LogP contribution in [-0.2, 0) is 15.7 Å². The van der Waals surface area contributed by atoms with Crippen molar-refractivity contribution in [3.63, 3.8) is 0 Å². The summed E-state index contributed by atoms with van der Waals surface area (Å²) in [6, 6.07) is 9.35. The van der Waals surface area contributed by atoms with Crippen molar-refractivity contribution in [2.24, 2.45) is 0 Å². The van der Waals surface area contributed by atoms with Gasteiger partial charge in [0.1, 0.15) is 12.2 Å². The summed E-state index contributed by atoms with van der Waals surface area (Å²) < 4.78 is 42.9. The number of carbonyl (C=O) groups is 1. The number of rotatable bonds is 2. The molecule has 1 aromatic heterocycles. The van der Waals surface area contributed by atoms with Crippen molar-refractivity contribution in [1.82, 2.24) is 15.2 Å². The fourth-order valence-corrected chi connectivity index (χ4v) is 2.89. The molecule has 5 nitrogen and oxygen atoms in total. The number of carbonyl (C=O) groups excluding carboxylic acids is 1. The highest BCUT2D eigenvalue weighted by Crippen LogP contribution is 2.29. The van der Waals surface area contributed by atoms with E-state index in [0.29, 0.717) is 24.6 Å². The number of nitrogens with one attached hydrogen (secondary N) is 1. The van der Waals surface area contributed by atoms with Gasteiger partial charge in [0.25, 0.3) is 0 Å². The van der Waals surface area contributed by atoms with Crippen LogP contribution in [0, 0.1) is 11.8 Å². The molecule has 1 saturated heterocycles. The summed E-state index contributed by atoms with van der Waals surface area (Å²) >= 11 is 0.529. The van der Waals surface area contributed by atoms with E-state index >= 15 is 0 Å². The minimum atomic E-state index is -4.63. The highest BCUT2D eigenvalue weighted by molar-refractivity contribution is 8.13. The van der Waals surface area contributed by atoms with Crippen LogP contribution in [0.1, 0.15) is 24.2 Å². The summed E-state index contributed by atoms with van der Waals surface area (Å²) in [6.07, 6.45) is -4.70. The van der Waals surface area contributed by atoms with E-state index in [-0.39, 0.29) is 11.3 Å². The molecule has 0 radical (unpaired) electrons. The number of benzene rings is 1. The van der Waals surface area contributed by atoms with Crippen LogP contribution in [0.3, 0.4) is 0 Å². The summed E-state index contributed by atoms with van der Waals surface area (Å²) in [5, 5.41) is 4.45. The SMILES string of the molecule is O=C(Sc1n[nH]c(C(F)(F)F)n1)C1CCC(C#Cc2ccccc2)O1. The molecular formula is C16H12F3N3O2S. The lowest BCUT2D eigenvalue weighted by Gasteiger charge is -2.07. The van der Waals surface area contributed by atoms with Gasteiger partial charge in [0, 0.05) is 5.56 Å².